The molecule has 5 nitrogen and oxygen atoms in total. The average molecular weight is 291 g/mol. The molecule has 5 heteroatoms. The summed E-state index contributed by atoms with van der Waals surface area (Å²) in [6, 6.07) is 7.57. The first-order chi connectivity index (χ1) is 10.1. The lowest BCUT2D eigenvalue weighted by molar-refractivity contribution is -0.141. The van der Waals surface area contributed by atoms with Crippen LogP contribution in [0.1, 0.15) is 24.8 Å². The molecule has 1 unspecified atom stereocenters. The first-order valence-electron chi connectivity index (χ1n) is 7.24. The lowest BCUT2D eigenvalue weighted by Gasteiger charge is -2.32. The van der Waals surface area contributed by atoms with Crippen LogP contribution in [0.3, 0.4) is 0 Å². The molecule has 114 valence electrons. The number of carboxylic acids is 1. The van der Waals surface area contributed by atoms with Crippen molar-refractivity contribution in [2.45, 2.75) is 26.2 Å². The lowest BCUT2D eigenvalue weighted by atomic mass is 9.95. The number of likely N-dealkylation sites (tertiary alicyclic amines) is 1. The summed E-state index contributed by atoms with van der Waals surface area (Å²) >= 11 is 0. The molecule has 1 atom stereocenters. The number of carbonyl (C=O) groups excluding carboxylic acids is 1. The van der Waals surface area contributed by atoms with Gasteiger partial charge < -0.3 is 14.7 Å². The first-order valence-corrected chi connectivity index (χ1v) is 7.24. The summed E-state index contributed by atoms with van der Waals surface area (Å²) in [4.78, 5) is 24.6. The molecule has 1 aliphatic heterocycles. The van der Waals surface area contributed by atoms with Crippen molar-refractivity contribution in [2.24, 2.45) is 5.92 Å². The summed E-state index contributed by atoms with van der Waals surface area (Å²) in [6.45, 7) is 3.14. The molecule has 0 aliphatic carbocycles. The summed E-state index contributed by atoms with van der Waals surface area (Å²) in [5, 5.41) is 8.85. The maximum Gasteiger partial charge on any atom is 0.303 e. The standard InChI is InChI=1S/C16H21NO4/c1-12-5-2-3-7-14(12)21-11-15(18)17-8-4-6-13(10-17)9-16(19)20/h2-3,5,7,13H,4,6,8-11H2,1H3,(H,19,20). The zero-order valence-corrected chi connectivity index (χ0v) is 12.2. The summed E-state index contributed by atoms with van der Waals surface area (Å²) < 4.78 is 5.56. The number of piperidine rings is 1. The fourth-order valence-electron chi connectivity index (χ4n) is 2.65. The minimum atomic E-state index is -0.801. The summed E-state index contributed by atoms with van der Waals surface area (Å²) in [6.07, 6.45) is 1.85. The molecular formula is C16H21NO4. The van der Waals surface area contributed by atoms with Gasteiger partial charge in [0.25, 0.3) is 5.91 Å². The average Bonchev–Trinajstić information content (AvgIpc) is 2.45. The highest BCUT2D eigenvalue weighted by molar-refractivity contribution is 5.78. The number of hydrogen-bond acceptors (Lipinski definition) is 3. The number of benzene rings is 1. The summed E-state index contributed by atoms with van der Waals surface area (Å²) in [5.74, 6) is -0.109. The molecule has 1 fully saturated rings. The Morgan fingerprint density at radius 2 is 2.14 bits per heavy atom. The quantitative estimate of drug-likeness (QED) is 0.902. The van der Waals surface area contributed by atoms with Crippen molar-refractivity contribution in [2.75, 3.05) is 19.7 Å². The van der Waals surface area contributed by atoms with Crippen LogP contribution in [0, 0.1) is 12.8 Å². The van der Waals surface area contributed by atoms with E-state index >= 15 is 0 Å². The molecule has 0 saturated carbocycles. The normalized spacial score (nSPS) is 18.3. The Bertz CT molecular complexity index is 515. The third kappa shape index (κ3) is 4.48. The van der Waals surface area contributed by atoms with Gasteiger partial charge in [-0.15, -0.1) is 0 Å². The van der Waals surface area contributed by atoms with Crippen LogP contribution in [0.15, 0.2) is 24.3 Å². The van der Waals surface area contributed by atoms with E-state index < -0.39 is 5.97 Å². The molecule has 1 amide bonds. The second kappa shape index (κ2) is 7.11. The molecule has 21 heavy (non-hydrogen) atoms. The highest BCUT2D eigenvalue weighted by Crippen LogP contribution is 2.20. The SMILES string of the molecule is Cc1ccccc1OCC(=O)N1CCCC(CC(=O)O)C1. The van der Waals surface area contributed by atoms with Gasteiger partial charge in [-0.3, -0.25) is 9.59 Å². The number of aliphatic carboxylic acids is 1. The molecule has 0 spiro atoms. The van der Waals surface area contributed by atoms with Gasteiger partial charge in [-0.05, 0) is 37.3 Å². The van der Waals surface area contributed by atoms with Gasteiger partial charge in [-0.2, -0.15) is 0 Å². The Kier molecular flexibility index (Phi) is 5.20. The number of carboxylic acid groups (broad SMARTS) is 1. The maximum absolute atomic E-state index is 12.2. The molecule has 0 bridgehead atoms. The van der Waals surface area contributed by atoms with Gasteiger partial charge in [0.15, 0.2) is 6.61 Å². The van der Waals surface area contributed by atoms with E-state index in [1.807, 2.05) is 31.2 Å². The van der Waals surface area contributed by atoms with E-state index in [1.165, 1.54) is 0 Å². The van der Waals surface area contributed by atoms with E-state index in [9.17, 15) is 9.59 Å². The van der Waals surface area contributed by atoms with Crippen LogP contribution in [0.2, 0.25) is 0 Å². The van der Waals surface area contributed by atoms with Crippen LogP contribution in [0.4, 0.5) is 0 Å². The molecule has 1 aromatic rings. The van der Waals surface area contributed by atoms with Crippen molar-refractivity contribution in [1.82, 2.24) is 4.90 Å². The summed E-state index contributed by atoms with van der Waals surface area (Å²) in [7, 11) is 0. The highest BCUT2D eigenvalue weighted by atomic mass is 16.5. The third-order valence-corrected chi connectivity index (χ3v) is 3.78. The minimum Gasteiger partial charge on any atom is -0.484 e. The van der Waals surface area contributed by atoms with E-state index in [0.717, 1.165) is 18.4 Å². The molecule has 1 saturated heterocycles. The number of para-hydroxylation sites is 1. The predicted molar refractivity (Wildman–Crippen MR) is 78.2 cm³/mol. The lowest BCUT2D eigenvalue weighted by Crippen LogP contribution is -2.42. The van der Waals surface area contributed by atoms with Gasteiger partial charge in [0, 0.05) is 19.5 Å². The molecule has 2 rings (SSSR count). The van der Waals surface area contributed by atoms with E-state index in [0.29, 0.717) is 18.8 Å². The minimum absolute atomic E-state index is 0.00461. The molecular weight excluding hydrogens is 270 g/mol. The zero-order chi connectivity index (χ0) is 15.2. The Morgan fingerprint density at radius 3 is 2.86 bits per heavy atom. The predicted octanol–water partition coefficient (Wildman–Crippen LogP) is 2.09. The van der Waals surface area contributed by atoms with Crippen LogP contribution >= 0.6 is 0 Å². The van der Waals surface area contributed by atoms with E-state index in [2.05, 4.69) is 0 Å². The number of carbonyl (C=O) groups is 2. The van der Waals surface area contributed by atoms with Crippen molar-refractivity contribution in [3.63, 3.8) is 0 Å². The number of ether oxygens (including phenoxy) is 1. The van der Waals surface area contributed by atoms with Gasteiger partial charge in [-0.1, -0.05) is 18.2 Å². The Morgan fingerprint density at radius 1 is 1.38 bits per heavy atom. The van der Waals surface area contributed by atoms with Crippen molar-refractivity contribution in [3.8, 4) is 5.75 Å². The van der Waals surface area contributed by atoms with Gasteiger partial charge in [0.05, 0.1) is 0 Å². The van der Waals surface area contributed by atoms with Crippen molar-refractivity contribution in [3.05, 3.63) is 29.8 Å². The molecule has 1 aromatic carbocycles. The van der Waals surface area contributed by atoms with Gasteiger partial charge in [0.2, 0.25) is 0 Å². The van der Waals surface area contributed by atoms with Crippen LogP contribution in [0.5, 0.6) is 5.75 Å². The first kappa shape index (κ1) is 15.4. The topological polar surface area (TPSA) is 66.8 Å². The summed E-state index contributed by atoms with van der Waals surface area (Å²) in [5.41, 5.74) is 0.993. The number of rotatable bonds is 5. The van der Waals surface area contributed by atoms with Crippen LogP contribution in [-0.4, -0.2) is 41.6 Å². The fraction of sp³-hybridized carbons (Fsp3) is 0.500. The zero-order valence-electron chi connectivity index (χ0n) is 12.2. The Balaban J connectivity index is 1.85. The highest BCUT2D eigenvalue weighted by Gasteiger charge is 2.25. The van der Waals surface area contributed by atoms with E-state index in [4.69, 9.17) is 9.84 Å². The number of nitrogens with zero attached hydrogens (tertiary/aromatic N) is 1. The van der Waals surface area contributed by atoms with Gasteiger partial charge >= 0.3 is 5.97 Å². The second-order valence-electron chi connectivity index (χ2n) is 5.50. The van der Waals surface area contributed by atoms with Gasteiger partial charge in [-0.25, -0.2) is 0 Å². The monoisotopic (exact) mass is 291 g/mol. The van der Waals surface area contributed by atoms with Crippen molar-refractivity contribution in [1.29, 1.82) is 0 Å². The number of aryl methyl sites for hydroxylation is 1. The number of amides is 1. The largest absolute Gasteiger partial charge is 0.484 e. The van der Waals surface area contributed by atoms with Crippen LogP contribution < -0.4 is 4.74 Å². The Labute approximate surface area is 124 Å². The van der Waals surface area contributed by atoms with Gasteiger partial charge in [0.1, 0.15) is 5.75 Å². The molecule has 0 aromatic heterocycles. The van der Waals surface area contributed by atoms with Crippen molar-refractivity contribution < 1.29 is 19.4 Å². The second-order valence-corrected chi connectivity index (χ2v) is 5.50. The molecule has 1 heterocycles. The van der Waals surface area contributed by atoms with Crippen LogP contribution in [0.25, 0.3) is 0 Å². The molecule has 0 radical (unpaired) electrons. The third-order valence-electron chi connectivity index (χ3n) is 3.78. The van der Waals surface area contributed by atoms with E-state index in [1.54, 1.807) is 4.90 Å². The molecule has 1 aliphatic rings. The maximum atomic E-state index is 12.2. The van der Waals surface area contributed by atoms with E-state index in [-0.39, 0.29) is 24.9 Å². The van der Waals surface area contributed by atoms with Crippen LogP contribution in [-0.2, 0) is 9.59 Å². The smallest absolute Gasteiger partial charge is 0.303 e. The van der Waals surface area contributed by atoms with Crippen molar-refractivity contribution >= 4 is 11.9 Å². The molecule has 1 N–H and O–H groups in total. The fourth-order valence-corrected chi connectivity index (χ4v) is 2.65. The Hall–Kier alpha value is -2.04. The number of hydrogen-bond donors (Lipinski definition) is 1.